The van der Waals surface area contributed by atoms with Crippen LogP contribution >= 0.6 is 0 Å². The van der Waals surface area contributed by atoms with Crippen LogP contribution in [0.25, 0.3) is 5.57 Å². The molecule has 0 heterocycles. The number of rotatable bonds is 5. The highest BCUT2D eigenvalue weighted by molar-refractivity contribution is 7.95. The molecular weight excluding hydrogens is 460 g/mol. The zero-order valence-electron chi connectivity index (χ0n) is 20.7. The van der Waals surface area contributed by atoms with Crippen LogP contribution in [0.1, 0.15) is 52.0 Å². The second-order valence-corrected chi connectivity index (χ2v) is 17.5. The molecule has 2 aromatic carbocycles. The zero-order chi connectivity index (χ0) is 24.7. The SMILES string of the molecule is CC(C)(C)[Si](C)(C)OC1CCCC(S(=O)(=O)c2ccccc2)=C2CC(=O)C(c3ccccc3)=C21. The number of hydrogen-bond donors (Lipinski definition) is 0. The summed E-state index contributed by atoms with van der Waals surface area (Å²) in [6.45, 7) is 11.0. The number of allylic oxidation sites excluding steroid dienone is 2. The summed E-state index contributed by atoms with van der Waals surface area (Å²) in [7, 11) is -5.89. The molecule has 1 unspecified atom stereocenters. The molecule has 0 aliphatic heterocycles. The van der Waals surface area contributed by atoms with Gasteiger partial charge in [0.1, 0.15) is 0 Å². The Labute approximate surface area is 204 Å². The largest absolute Gasteiger partial charge is 0.410 e. The van der Waals surface area contributed by atoms with Crippen molar-refractivity contribution in [3.8, 4) is 0 Å². The number of sulfone groups is 1. The van der Waals surface area contributed by atoms with Gasteiger partial charge in [-0.2, -0.15) is 0 Å². The number of benzene rings is 2. The third-order valence-corrected chi connectivity index (χ3v) is 13.9. The summed E-state index contributed by atoms with van der Waals surface area (Å²) in [5.74, 6) is -0.0253. The van der Waals surface area contributed by atoms with Gasteiger partial charge in [0.15, 0.2) is 14.1 Å². The lowest BCUT2D eigenvalue weighted by molar-refractivity contribution is -0.112. The van der Waals surface area contributed by atoms with Gasteiger partial charge in [-0.15, -0.1) is 0 Å². The monoisotopic (exact) mass is 494 g/mol. The molecule has 0 N–H and O–H groups in total. The van der Waals surface area contributed by atoms with Crippen molar-refractivity contribution in [2.24, 2.45) is 0 Å². The molecule has 0 spiro atoms. The fraction of sp³-hybridized carbons (Fsp3) is 0.393. The summed E-state index contributed by atoms with van der Waals surface area (Å²) >= 11 is 0. The standard InChI is InChI=1S/C28H34O4SSi/c1-28(2,3)34(4,5)32-24-17-12-18-25(33(30,31)21-15-10-7-11-16-21)22-19-23(29)26(27(22)24)20-13-8-6-9-14-20/h6-11,13-16,24H,12,17-19H2,1-5H3. The van der Waals surface area contributed by atoms with E-state index in [2.05, 4.69) is 33.9 Å². The van der Waals surface area contributed by atoms with Gasteiger partial charge in [0, 0.05) is 12.0 Å². The molecule has 180 valence electrons. The molecule has 4 nitrogen and oxygen atoms in total. The average Bonchev–Trinajstić information content (AvgIpc) is 3.02. The van der Waals surface area contributed by atoms with E-state index in [1.54, 1.807) is 24.3 Å². The average molecular weight is 495 g/mol. The summed E-state index contributed by atoms with van der Waals surface area (Å²) in [5, 5.41) is -0.00178. The topological polar surface area (TPSA) is 60.4 Å². The minimum atomic E-state index is -3.72. The maximum absolute atomic E-state index is 13.8. The Hall–Kier alpha value is -2.28. The van der Waals surface area contributed by atoms with Gasteiger partial charge in [0.2, 0.25) is 9.84 Å². The highest BCUT2D eigenvalue weighted by Crippen LogP contribution is 2.48. The Bertz CT molecular complexity index is 1250. The lowest BCUT2D eigenvalue weighted by Crippen LogP contribution is -2.44. The fourth-order valence-electron chi connectivity index (χ4n) is 4.60. The number of ketones is 1. The van der Waals surface area contributed by atoms with Crippen LogP contribution in [0.2, 0.25) is 18.1 Å². The Morgan fingerprint density at radius 2 is 1.53 bits per heavy atom. The normalized spacial score (nSPS) is 19.9. The van der Waals surface area contributed by atoms with Crippen LogP contribution in [-0.4, -0.2) is 28.6 Å². The number of fused-ring (bicyclic) bond motifs is 1. The lowest BCUT2D eigenvalue weighted by Gasteiger charge is -2.40. The van der Waals surface area contributed by atoms with Crippen molar-refractivity contribution >= 4 is 29.5 Å². The van der Waals surface area contributed by atoms with E-state index in [1.807, 2.05) is 36.4 Å². The van der Waals surface area contributed by atoms with Crippen LogP contribution in [0.15, 0.2) is 81.6 Å². The van der Waals surface area contributed by atoms with Crippen molar-refractivity contribution in [2.45, 2.75) is 75.6 Å². The fourth-order valence-corrected chi connectivity index (χ4v) is 7.62. The van der Waals surface area contributed by atoms with E-state index in [9.17, 15) is 13.2 Å². The number of carbonyl (C=O) groups is 1. The van der Waals surface area contributed by atoms with Crippen LogP contribution in [0.5, 0.6) is 0 Å². The van der Waals surface area contributed by atoms with E-state index >= 15 is 0 Å². The van der Waals surface area contributed by atoms with Crippen molar-refractivity contribution < 1.29 is 17.6 Å². The second kappa shape index (κ2) is 9.06. The van der Waals surface area contributed by atoms with Gasteiger partial charge in [-0.25, -0.2) is 8.42 Å². The summed E-state index contributed by atoms with van der Waals surface area (Å²) in [6, 6.07) is 18.2. The quantitative estimate of drug-likeness (QED) is 0.433. The molecule has 34 heavy (non-hydrogen) atoms. The molecule has 2 aromatic rings. The van der Waals surface area contributed by atoms with Gasteiger partial charge in [-0.05, 0) is 66.2 Å². The third kappa shape index (κ3) is 4.51. The third-order valence-electron chi connectivity index (χ3n) is 7.42. The number of hydrogen-bond acceptors (Lipinski definition) is 4. The maximum Gasteiger partial charge on any atom is 0.203 e. The van der Waals surface area contributed by atoms with Crippen molar-refractivity contribution in [1.29, 1.82) is 0 Å². The molecule has 6 heteroatoms. The number of Topliss-reactive ketones (excluding diaryl/α,β-unsaturated/α-hetero) is 1. The molecule has 0 aromatic heterocycles. The van der Waals surface area contributed by atoms with Gasteiger partial charge in [-0.3, -0.25) is 4.79 Å². The first-order valence-corrected chi connectivity index (χ1v) is 16.4. The Morgan fingerprint density at radius 1 is 0.941 bits per heavy atom. The molecule has 0 saturated carbocycles. The van der Waals surface area contributed by atoms with E-state index in [-0.39, 0.29) is 28.2 Å². The molecule has 1 atom stereocenters. The summed E-state index contributed by atoms with van der Waals surface area (Å²) in [5.41, 5.74) is 2.92. The maximum atomic E-state index is 13.8. The van der Waals surface area contributed by atoms with Gasteiger partial charge in [0.25, 0.3) is 0 Å². The second-order valence-electron chi connectivity index (χ2n) is 10.7. The van der Waals surface area contributed by atoms with Crippen LogP contribution in [0, 0.1) is 0 Å². The van der Waals surface area contributed by atoms with E-state index in [0.29, 0.717) is 35.3 Å². The minimum Gasteiger partial charge on any atom is -0.410 e. The molecular formula is C28H34O4SSi. The summed E-state index contributed by atoms with van der Waals surface area (Å²) in [4.78, 5) is 14.1. The summed E-state index contributed by atoms with van der Waals surface area (Å²) < 4.78 is 34.4. The van der Waals surface area contributed by atoms with Gasteiger partial charge >= 0.3 is 0 Å². The lowest BCUT2D eigenvalue weighted by atomic mass is 9.96. The van der Waals surface area contributed by atoms with Gasteiger partial charge < -0.3 is 4.43 Å². The van der Waals surface area contributed by atoms with Crippen molar-refractivity contribution in [3.05, 3.63) is 82.3 Å². The van der Waals surface area contributed by atoms with Crippen molar-refractivity contribution in [1.82, 2.24) is 0 Å². The van der Waals surface area contributed by atoms with E-state index < -0.39 is 18.2 Å². The first kappa shape index (κ1) is 24.8. The van der Waals surface area contributed by atoms with E-state index in [1.165, 1.54) is 0 Å². The molecule has 0 fully saturated rings. The molecule has 2 aliphatic carbocycles. The Balaban J connectivity index is 1.95. The van der Waals surface area contributed by atoms with Crippen LogP contribution in [-0.2, 0) is 19.1 Å². The number of carbonyl (C=O) groups excluding carboxylic acids is 1. The van der Waals surface area contributed by atoms with E-state index in [0.717, 1.165) is 11.1 Å². The molecule has 4 rings (SSSR count). The first-order valence-electron chi connectivity index (χ1n) is 12.0. The van der Waals surface area contributed by atoms with Crippen LogP contribution in [0.4, 0.5) is 0 Å². The summed E-state index contributed by atoms with van der Waals surface area (Å²) in [6.07, 6.45) is 1.63. The zero-order valence-corrected chi connectivity index (χ0v) is 22.5. The van der Waals surface area contributed by atoms with Gasteiger partial charge in [0.05, 0.1) is 15.9 Å². The van der Waals surface area contributed by atoms with E-state index in [4.69, 9.17) is 4.43 Å². The molecule has 2 aliphatic rings. The molecule has 0 saturated heterocycles. The Kier molecular flexibility index (Phi) is 6.62. The van der Waals surface area contributed by atoms with Crippen LogP contribution < -0.4 is 0 Å². The molecule has 0 amide bonds. The predicted octanol–water partition coefficient (Wildman–Crippen LogP) is 6.72. The molecule has 0 bridgehead atoms. The molecule has 0 radical (unpaired) electrons. The van der Waals surface area contributed by atoms with Crippen molar-refractivity contribution in [2.75, 3.05) is 0 Å². The first-order chi connectivity index (χ1) is 15.9. The Morgan fingerprint density at radius 3 is 2.12 bits per heavy atom. The smallest absolute Gasteiger partial charge is 0.203 e. The van der Waals surface area contributed by atoms with Gasteiger partial charge in [-0.1, -0.05) is 69.3 Å². The predicted molar refractivity (Wildman–Crippen MR) is 140 cm³/mol. The van der Waals surface area contributed by atoms with Crippen molar-refractivity contribution in [3.63, 3.8) is 0 Å². The highest BCUT2D eigenvalue weighted by atomic mass is 32.2. The highest BCUT2D eigenvalue weighted by Gasteiger charge is 2.44. The van der Waals surface area contributed by atoms with Crippen LogP contribution in [0.3, 0.4) is 0 Å². The minimum absolute atomic E-state index is 0.00178.